The number of nitrogens with zero attached hydrogens (tertiary/aromatic N) is 1. The molecule has 1 aliphatic carbocycles. The molecule has 0 aromatic heterocycles. The lowest BCUT2D eigenvalue weighted by Gasteiger charge is -2.13. The van der Waals surface area contributed by atoms with E-state index in [0.29, 0.717) is 11.4 Å². The van der Waals surface area contributed by atoms with Crippen molar-refractivity contribution >= 4 is 21.8 Å². The van der Waals surface area contributed by atoms with Crippen LogP contribution in [0.2, 0.25) is 0 Å². The first kappa shape index (κ1) is 14.5. The van der Waals surface area contributed by atoms with Crippen molar-refractivity contribution in [2.24, 2.45) is 10.8 Å². The molecule has 0 radical (unpaired) electrons. The topological polar surface area (TPSA) is 50.4 Å². The Bertz CT molecular complexity index is 454. The van der Waals surface area contributed by atoms with Gasteiger partial charge in [0.2, 0.25) is 0 Å². The average Bonchev–Trinajstić information content (AvgIpc) is 2.67. The Labute approximate surface area is 121 Å². The molecule has 1 aromatic carbocycles. The van der Waals surface area contributed by atoms with Crippen LogP contribution in [0, 0.1) is 5.82 Å². The highest BCUT2D eigenvalue weighted by Crippen LogP contribution is 2.21. The number of halogens is 2. The van der Waals surface area contributed by atoms with Crippen LogP contribution in [0.3, 0.4) is 0 Å². The van der Waals surface area contributed by atoms with E-state index in [4.69, 9.17) is 5.84 Å². The van der Waals surface area contributed by atoms with Gasteiger partial charge >= 0.3 is 0 Å². The molecular formula is C14H19BrFN3. The first-order valence-electron chi connectivity index (χ1n) is 6.70. The monoisotopic (exact) mass is 327 g/mol. The molecule has 5 heteroatoms. The molecule has 104 valence electrons. The van der Waals surface area contributed by atoms with Crippen LogP contribution in [0.4, 0.5) is 4.39 Å². The van der Waals surface area contributed by atoms with Crippen LogP contribution < -0.4 is 11.3 Å². The third kappa shape index (κ3) is 4.01. The Hall–Kier alpha value is -0.940. The van der Waals surface area contributed by atoms with Gasteiger partial charge in [0, 0.05) is 4.47 Å². The van der Waals surface area contributed by atoms with Gasteiger partial charge in [-0.05, 0) is 31.0 Å². The molecule has 3 nitrogen and oxygen atoms in total. The summed E-state index contributed by atoms with van der Waals surface area (Å²) in [7, 11) is 0. The van der Waals surface area contributed by atoms with Gasteiger partial charge in [-0.15, -0.1) is 0 Å². The zero-order valence-corrected chi connectivity index (χ0v) is 12.4. The number of benzene rings is 1. The number of aliphatic imine (C=N–C) groups is 1. The maximum absolute atomic E-state index is 13.8. The second kappa shape index (κ2) is 7.01. The SMILES string of the molecule is NNC(=NC1CCCCCC1)c1cc(Br)ccc1F. The quantitative estimate of drug-likeness (QED) is 0.287. The first-order valence-corrected chi connectivity index (χ1v) is 7.50. The second-order valence-corrected chi connectivity index (χ2v) is 5.81. The Balaban J connectivity index is 2.24. The summed E-state index contributed by atoms with van der Waals surface area (Å²) < 4.78 is 14.7. The predicted octanol–water partition coefficient (Wildman–Crippen LogP) is 3.52. The Kier molecular flexibility index (Phi) is 5.34. The van der Waals surface area contributed by atoms with E-state index in [1.54, 1.807) is 12.1 Å². The summed E-state index contributed by atoms with van der Waals surface area (Å²) in [6, 6.07) is 5.02. The number of amidine groups is 1. The zero-order valence-electron chi connectivity index (χ0n) is 10.8. The van der Waals surface area contributed by atoms with Crippen molar-refractivity contribution in [1.29, 1.82) is 0 Å². The molecule has 3 N–H and O–H groups in total. The molecule has 2 rings (SSSR count). The van der Waals surface area contributed by atoms with Crippen LogP contribution >= 0.6 is 15.9 Å². The lowest BCUT2D eigenvalue weighted by molar-refractivity contribution is 0.581. The fourth-order valence-electron chi connectivity index (χ4n) is 2.43. The minimum absolute atomic E-state index is 0.243. The number of hydrogen-bond donors (Lipinski definition) is 2. The lowest BCUT2D eigenvalue weighted by atomic mass is 10.1. The summed E-state index contributed by atoms with van der Waals surface area (Å²) in [4.78, 5) is 4.61. The average molecular weight is 328 g/mol. The molecular weight excluding hydrogens is 309 g/mol. The van der Waals surface area contributed by atoms with Crippen molar-refractivity contribution in [2.45, 2.75) is 44.6 Å². The van der Waals surface area contributed by atoms with Gasteiger partial charge in [0.15, 0.2) is 0 Å². The molecule has 0 saturated heterocycles. The third-order valence-corrected chi connectivity index (χ3v) is 3.95. The normalized spacial score (nSPS) is 18.2. The minimum atomic E-state index is -0.312. The van der Waals surface area contributed by atoms with Crippen LogP contribution in [-0.2, 0) is 0 Å². The second-order valence-electron chi connectivity index (χ2n) is 4.89. The molecule has 1 aliphatic rings. The van der Waals surface area contributed by atoms with Gasteiger partial charge in [-0.25, -0.2) is 10.2 Å². The van der Waals surface area contributed by atoms with E-state index in [2.05, 4.69) is 26.3 Å². The lowest BCUT2D eigenvalue weighted by Crippen LogP contribution is -2.33. The zero-order chi connectivity index (χ0) is 13.7. The highest BCUT2D eigenvalue weighted by molar-refractivity contribution is 9.10. The van der Waals surface area contributed by atoms with E-state index in [1.807, 2.05) is 0 Å². The van der Waals surface area contributed by atoms with E-state index < -0.39 is 0 Å². The fourth-order valence-corrected chi connectivity index (χ4v) is 2.79. The first-order chi connectivity index (χ1) is 9.20. The van der Waals surface area contributed by atoms with E-state index >= 15 is 0 Å². The standard InChI is InChI=1S/C14H19BrFN3/c15-10-7-8-13(16)12(9-10)14(19-17)18-11-5-3-1-2-4-6-11/h7-9,11H,1-6,17H2,(H,18,19). The van der Waals surface area contributed by atoms with E-state index in [1.165, 1.54) is 31.7 Å². The van der Waals surface area contributed by atoms with Crippen molar-refractivity contribution in [3.8, 4) is 0 Å². The van der Waals surface area contributed by atoms with Crippen LogP contribution in [0.15, 0.2) is 27.7 Å². The molecule has 0 heterocycles. The Morgan fingerprint density at radius 1 is 1.26 bits per heavy atom. The molecule has 1 aromatic rings. The summed E-state index contributed by atoms with van der Waals surface area (Å²) in [6.45, 7) is 0. The Morgan fingerprint density at radius 3 is 2.58 bits per heavy atom. The molecule has 0 amide bonds. The minimum Gasteiger partial charge on any atom is -0.308 e. The summed E-state index contributed by atoms with van der Waals surface area (Å²) in [6.07, 6.45) is 7.02. The van der Waals surface area contributed by atoms with Crippen LogP contribution in [0.5, 0.6) is 0 Å². The summed E-state index contributed by atoms with van der Waals surface area (Å²) in [5.74, 6) is 5.64. The molecule has 0 spiro atoms. The van der Waals surface area contributed by atoms with Crippen molar-refractivity contribution < 1.29 is 4.39 Å². The fraction of sp³-hybridized carbons (Fsp3) is 0.500. The van der Waals surface area contributed by atoms with Crippen LogP contribution in [0.25, 0.3) is 0 Å². The molecule has 0 bridgehead atoms. The van der Waals surface area contributed by atoms with Crippen LogP contribution in [-0.4, -0.2) is 11.9 Å². The highest BCUT2D eigenvalue weighted by atomic mass is 79.9. The van der Waals surface area contributed by atoms with Crippen molar-refractivity contribution in [3.63, 3.8) is 0 Å². The van der Waals surface area contributed by atoms with Gasteiger partial charge in [-0.2, -0.15) is 0 Å². The van der Waals surface area contributed by atoms with Gasteiger partial charge in [0.05, 0.1) is 11.6 Å². The van der Waals surface area contributed by atoms with E-state index in [0.717, 1.165) is 17.3 Å². The van der Waals surface area contributed by atoms with Gasteiger partial charge in [0.25, 0.3) is 0 Å². The summed E-state index contributed by atoms with van der Waals surface area (Å²) in [5, 5.41) is 0. The number of nitrogens with one attached hydrogen (secondary N) is 1. The molecule has 0 atom stereocenters. The van der Waals surface area contributed by atoms with Gasteiger partial charge in [0.1, 0.15) is 11.7 Å². The third-order valence-electron chi connectivity index (χ3n) is 3.46. The van der Waals surface area contributed by atoms with E-state index in [-0.39, 0.29) is 11.9 Å². The van der Waals surface area contributed by atoms with E-state index in [9.17, 15) is 4.39 Å². The van der Waals surface area contributed by atoms with Gasteiger partial charge in [-0.3, -0.25) is 4.99 Å². The number of hydrogen-bond acceptors (Lipinski definition) is 2. The van der Waals surface area contributed by atoms with Crippen molar-refractivity contribution in [1.82, 2.24) is 5.43 Å². The largest absolute Gasteiger partial charge is 0.308 e. The van der Waals surface area contributed by atoms with Crippen LogP contribution in [0.1, 0.15) is 44.1 Å². The molecule has 0 aliphatic heterocycles. The van der Waals surface area contributed by atoms with Gasteiger partial charge < -0.3 is 5.43 Å². The number of rotatable bonds is 2. The molecule has 19 heavy (non-hydrogen) atoms. The molecule has 0 unspecified atom stereocenters. The maximum atomic E-state index is 13.8. The van der Waals surface area contributed by atoms with Crippen molar-refractivity contribution in [2.75, 3.05) is 0 Å². The summed E-state index contributed by atoms with van der Waals surface area (Å²) in [5.41, 5.74) is 2.96. The van der Waals surface area contributed by atoms with Crippen molar-refractivity contribution in [3.05, 3.63) is 34.1 Å². The molecule has 1 fully saturated rings. The Morgan fingerprint density at radius 2 is 1.95 bits per heavy atom. The number of nitrogens with two attached hydrogens (primary N) is 1. The predicted molar refractivity (Wildman–Crippen MR) is 79.5 cm³/mol. The van der Waals surface area contributed by atoms with Gasteiger partial charge in [-0.1, -0.05) is 41.6 Å². The summed E-state index contributed by atoms with van der Waals surface area (Å²) >= 11 is 3.34. The highest BCUT2D eigenvalue weighted by Gasteiger charge is 2.15. The molecule has 1 saturated carbocycles. The number of hydrazine groups is 1. The maximum Gasteiger partial charge on any atom is 0.145 e. The smallest absolute Gasteiger partial charge is 0.145 e.